The number of fused-ring (bicyclic) bond motifs is 1. The van der Waals surface area contributed by atoms with Gasteiger partial charge in [0.05, 0.1) is 6.26 Å². The Labute approximate surface area is 141 Å². The van der Waals surface area contributed by atoms with Crippen molar-refractivity contribution in [2.45, 2.75) is 12.8 Å². The molecule has 1 aromatic carbocycles. The second-order valence-electron chi connectivity index (χ2n) is 6.25. The molecule has 0 unspecified atom stereocenters. The largest absolute Gasteiger partial charge is 0.336 e. The number of anilines is 1. The van der Waals surface area contributed by atoms with E-state index in [0.29, 0.717) is 44.6 Å². The summed E-state index contributed by atoms with van der Waals surface area (Å²) in [6.45, 7) is 1.43. The number of piperazine rings is 1. The summed E-state index contributed by atoms with van der Waals surface area (Å²) in [5.41, 5.74) is 2.44. The van der Waals surface area contributed by atoms with Crippen molar-refractivity contribution in [1.29, 1.82) is 0 Å². The summed E-state index contributed by atoms with van der Waals surface area (Å²) in [4.78, 5) is 27.7. The number of rotatable bonds is 2. The van der Waals surface area contributed by atoms with Crippen LogP contribution in [0.25, 0.3) is 0 Å². The lowest BCUT2D eigenvalue weighted by Gasteiger charge is -2.33. The summed E-state index contributed by atoms with van der Waals surface area (Å²) in [6, 6.07) is 5.40. The van der Waals surface area contributed by atoms with Gasteiger partial charge in [-0.05, 0) is 30.2 Å². The van der Waals surface area contributed by atoms with Crippen LogP contribution in [-0.4, -0.2) is 68.9 Å². The maximum Gasteiger partial charge on any atom is 0.253 e. The van der Waals surface area contributed by atoms with Crippen LogP contribution in [-0.2, 0) is 21.2 Å². The minimum Gasteiger partial charge on any atom is -0.336 e. The number of hydrogen-bond acceptors (Lipinski definition) is 4. The molecule has 130 valence electrons. The van der Waals surface area contributed by atoms with Gasteiger partial charge in [0.1, 0.15) is 0 Å². The molecule has 0 aliphatic carbocycles. The number of hydrogen-bond donors (Lipinski definition) is 0. The molecule has 7 nitrogen and oxygen atoms in total. The van der Waals surface area contributed by atoms with Crippen molar-refractivity contribution in [2.75, 3.05) is 44.4 Å². The minimum atomic E-state index is -3.21. The van der Waals surface area contributed by atoms with E-state index in [2.05, 4.69) is 0 Å². The van der Waals surface area contributed by atoms with Crippen LogP contribution in [0.15, 0.2) is 18.2 Å². The first-order chi connectivity index (χ1) is 11.3. The second kappa shape index (κ2) is 6.18. The number of carbonyl (C=O) groups is 2. The van der Waals surface area contributed by atoms with Crippen LogP contribution >= 0.6 is 0 Å². The highest BCUT2D eigenvalue weighted by atomic mass is 32.2. The van der Waals surface area contributed by atoms with E-state index in [4.69, 9.17) is 0 Å². The Morgan fingerprint density at radius 1 is 1.08 bits per heavy atom. The maximum atomic E-state index is 12.7. The van der Waals surface area contributed by atoms with Crippen LogP contribution in [0.2, 0.25) is 0 Å². The Hall–Kier alpha value is -1.93. The lowest BCUT2D eigenvalue weighted by molar-refractivity contribution is -0.118. The van der Waals surface area contributed by atoms with Crippen LogP contribution in [0.5, 0.6) is 0 Å². The Bertz CT molecular complexity index is 783. The Balaban J connectivity index is 1.74. The fourth-order valence-electron chi connectivity index (χ4n) is 3.20. The molecule has 0 bridgehead atoms. The third kappa shape index (κ3) is 3.16. The molecule has 2 aliphatic heterocycles. The van der Waals surface area contributed by atoms with Gasteiger partial charge in [-0.3, -0.25) is 9.59 Å². The van der Waals surface area contributed by atoms with E-state index < -0.39 is 10.0 Å². The summed E-state index contributed by atoms with van der Waals surface area (Å²) in [7, 11) is -1.46. The zero-order chi connectivity index (χ0) is 17.5. The highest BCUT2D eigenvalue weighted by Crippen LogP contribution is 2.28. The SMILES string of the molecule is CN1C(=O)CCc2cc(C(=O)N3CCN(S(C)(=O)=O)CC3)ccc21. The Morgan fingerprint density at radius 2 is 1.75 bits per heavy atom. The third-order valence-corrected chi connectivity index (χ3v) is 5.97. The number of benzene rings is 1. The molecule has 2 amide bonds. The van der Waals surface area contributed by atoms with E-state index in [0.717, 1.165) is 11.3 Å². The number of sulfonamides is 1. The molecule has 1 aromatic rings. The molecule has 3 rings (SSSR count). The topological polar surface area (TPSA) is 78.0 Å². The maximum absolute atomic E-state index is 12.7. The molecule has 0 spiro atoms. The molecule has 8 heteroatoms. The van der Waals surface area contributed by atoms with Crippen molar-refractivity contribution in [3.05, 3.63) is 29.3 Å². The minimum absolute atomic E-state index is 0.0819. The van der Waals surface area contributed by atoms with Crippen molar-refractivity contribution in [2.24, 2.45) is 0 Å². The molecular formula is C16H21N3O4S. The van der Waals surface area contributed by atoms with E-state index in [1.807, 2.05) is 12.1 Å². The first kappa shape index (κ1) is 16.9. The fraction of sp³-hybridized carbons (Fsp3) is 0.500. The number of nitrogens with zero attached hydrogens (tertiary/aromatic N) is 3. The standard InChI is InChI=1S/C16H21N3O4S/c1-17-14-5-3-13(11-12(14)4-6-15(17)20)16(21)18-7-9-19(10-8-18)24(2,22)23/h3,5,11H,4,6-10H2,1-2H3. The highest BCUT2D eigenvalue weighted by Gasteiger charge is 2.28. The predicted octanol–water partition coefficient (Wildman–Crippen LogP) is 0.313. The van der Waals surface area contributed by atoms with E-state index in [-0.39, 0.29) is 11.8 Å². The molecule has 2 heterocycles. The monoisotopic (exact) mass is 351 g/mol. The molecule has 0 saturated carbocycles. The van der Waals surface area contributed by atoms with Crippen LogP contribution in [0.1, 0.15) is 22.3 Å². The molecule has 1 saturated heterocycles. The summed E-state index contributed by atoms with van der Waals surface area (Å²) < 4.78 is 24.5. The van der Waals surface area contributed by atoms with Gasteiger partial charge in [0.25, 0.3) is 5.91 Å². The van der Waals surface area contributed by atoms with Crippen molar-refractivity contribution in [3.8, 4) is 0 Å². The van der Waals surface area contributed by atoms with E-state index in [9.17, 15) is 18.0 Å². The molecule has 0 atom stereocenters. The lowest BCUT2D eigenvalue weighted by Crippen LogP contribution is -2.50. The predicted molar refractivity (Wildman–Crippen MR) is 90.5 cm³/mol. The van der Waals surface area contributed by atoms with Crippen LogP contribution in [0.3, 0.4) is 0 Å². The highest BCUT2D eigenvalue weighted by molar-refractivity contribution is 7.88. The molecular weight excluding hydrogens is 330 g/mol. The quantitative estimate of drug-likeness (QED) is 0.768. The smallest absolute Gasteiger partial charge is 0.253 e. The summed E-state index contributed by atoms with van der Waals surface area (Å²) >= 11 is 0. The molecule has 2 aliphatic rings. The molecule has 0 radical (unpaired) electrons. The third-order valence-electron chi connectivity index (χ3n) is 4.66. The van der Waals surface area contributed by atoms with Gasteiger partial charge in [-0.25, -0.2) is 8.42 Å². The average molecular weight is 351 g/mol. The zero-order valence-corrected chi connectivity index (χ0v) is 14.7. The Kier molecular flexibility index (Phi) is 4.35. The van der Waals surface area contributed by atoms with Gasteiger partial charge >= 0.3 is 0 Å². The second-order valence-corrected chi connectivity index (χ2v) is 8.23. The summed E-state index contributed by atoms with van der Waals surface area (Å²) in [6.07, 6.45) is 2.28. The van der Waals surface area contributed by atoms with Gasteiger partial charge < -0.3 is 9.80 Å². The van der Waals surface area contributed by atoms with Crippen molar-refractivity contribution >= 4 is 27.5 Å². The summed E-state index contributed by atoms with van der Waals surface area (Å²) in [5, 5.41) is 0. The van der Waals surface area contributed by atoms with E-state index in [1.165, 1.54) is 10.6 Å². The number of aryl methyl sites for hydroxylation is 1. The van der Waals surface area contributed by atoms with Gasteiger partial charge in [-0.15, -0.1) is 0 Å². The number of amides is 2. The first-order valence-corrected chi connectivity index (χ1v) is 9.76. The van der Waals surface area contributed by atoms with Gasteiger partial charge in [-0.2, -0.15) is 4.31 Å². The lowest BCUT2D eigenvalue weighted by atomic mass is 9.98. The van der Waals surface area contributed by atoms with Crippen molar-refractivity contribution in [1.82, 2.24) is 9.21 Å². The zero-order valence-electron chi connectivity index (χ0n) is 13.9. The van der Waals surface area contributed by atoms with Gasteiger partial charge in [0.2, 0.25) is 15.9 Å². The van der Waals surface area contributed by atoms with Gasteiger partial charge in [-0.1, -0.05) is 0 Å². The van der Waals surface area contributed by atoms with Crippen LogP contribution in [0.4, 0.5) is 5.69 Å². The Morgan fingerprint density at radius 3 is 2.38 bits per heavy atom. The van der Waals surface area contributed by atoms with Crippen LogP contribution in [0, 0.1) is 0 Å². The van der Waals surface area contributed by atoms with Gasteiger partial charge in [0, 0.05) is 50.9 Å². The molecule has 24 heavy (non-hydrogen) atoms. The normalized spacial score (nSPS) is 19.3. The molecule has 0 N–H and O–H groups in total. The summed E-state index contributed by atoms with van der Waals surface area (Å²) in [5.74, 6) is -0.0102. The van der Waals surface area contributed by atoms with E-state index >= 15 is 0 Å². The average Bonchev–Trinajstić information content (AvgIpc) is 2.56. The first-order valence-electron chi connectivity index (χ1n) is 7.91. The van der Waals surface area contributed by atoms with E-state index in [1.54, 1.807) is 22.9 Å². The van der Waals surface area contributed by atoms with Crippen molar-refractivity contribution in [3.63, 3.8) is 0 Å². The number of carbonyl (C=O) groups excluding carboxylic acids is 2. The fourth-order valence-corrected chi connectivity index (χ4v) is 4.02. The van der Waals surface area contributed by atoms with Crippen molar-refractivity contribution < 1.29 is 18.0 Å². The van der Waals surface area contributed by atoms with Crippen LogP contribution < -0.4 is 4.90 Å². The van der Waals surface area contributed by atoms with Gasteiger partial charge in [0.15, 0.2) is 0 Å². The molecule has 0 aromatic heterocycles. The molecule has 1 fully saturated rings.